The standard InChI is InChI=1S/C43H33N7O5S/c44-29-14-16-32-28(25-29)13-18-41(43(32)51)50-49-40-22-21-39(35-10-3-4-11-36(35)40)48-47-38-20-19-37(33-8-1-2-9-34(33)38)46-45-30-15-17-31-27(26-30)7-5-12-42(31)55-23-6-24-56(52,53)54/h1-5,7-22,25-26,51H,6,23-24,44H2,(H,52,53,54). The summed E-state index contributed by atoms with van der Waals surface area (Å²) in [6, 6.07) is 43.0. The van der Waals surface area contributed by atoms with Gasteiger partial charge in [0.05, 0.1) is 40.8 Å². The van der Waals surface area contributed by atoms with E-state index in [4.69, 9.17) is 15.0 Å². The number of nitrogens with two attached hydrogens (primary N) is 1. The number of phenols is 1. The van der Waals surface area contributed by atoms with Crippen molar-refractivity contribution in [1.29, 1.82) is 0 Å². The minimum Gasteiger partial charge on any atom is -0.505 e. The molecule has 0 fully saturated rings. The van der Waals surface area contributed by atoms with Crippen LogP contribution in [0, 0.1) is 0 Å². The number of nitrogen functional groups attached to an aromatic ring is 1. The van der Waals surface area contributed by atoms with E-state index in [1.54, 1.807) is 24.3 Å². The van der Waals surface area contributed by atoms with E-state index >= 15 is 0 Å². The first-order chi connectivity index (χ1) is 27.2. The number of hydrogen-bond donors (Lipinski definition) is 3. The van der Waals surface area contributed by atoms with Crippen LogP contribution in [-0.4, -0.2) is 30.4 Å². The molecule has 0 amide bonds. The van der Waals surface area contributed by atoms with Gasteiger partial charge in [-0.25, -0.2) is 0 Å². The maximum Gasteiger partial charge on any atom is 0.264 e. The molecule has 0 unspecified atom stereocenters. The topological polar surface area (TPSA) is 184 Å². The molecule has 12 nitrogen and oxygen atoms in total. The quantitative estimate of drug-likeness (QED) is 0.0510. The van der Waals surface area contributed by atoms with Gasteiger partial charge < -0.3 is 15.6 Å². The minimum atomic E-state index is -4.04. The first-order valence-electron chi connectivity index (χ1n) is 17.6. The highest BCUT2D eigenvalue weighted by Gasteiger charge is 2.11. The monoisotopic (exact) mass is 759 g/mol. The van der Waals surface area contributed by atoms with E-state index < -0.39 is 10.1 Å². The van der Waals surface area contributed by atoms with Gasteiger partial charge in [-0.15, -0.1) is 25.6 Å². The molecule has 13 heteroatoms. The first kappa shape index (κ1) is 35.9. The zero-order valence-corrected chi connectivity index (χ0v) is 30.5. The molecule has 0 bridgehead atoms. The number of hydrogen-bond acceptors (Lipinski definition) is 11. The van der Waals surface area contributed by atoms with E-state index in [2.05, 4.69) is 30.7 Å². The zero-order chi connectivity index (χ0) is 38.6. The van der Waals surface area contributed by atoms with Crippen molar-refractivity contribution in [1.82, 2.24) is 0 Å². The van der Waals surface area contributed by atoms with Gasteiger partial charge in [0.1, 0.15) is 11.4 Å². The van der Waals surface area contributed by atoms with Crippen molar-refractivity contribution in [3.63, 3.8) is 0 Å². The fourth-order valence-corrected chi connectivity index (χ4v) is 6.95. The number of fused-ring (bicyclic) bond motifs is 4. The number of azo groups is 3. The van der Waals surface area contributed by atoms with Crippen molar-refractivity contribution in [3.8, 4) is 11.5 Å². The fourth-order valence-electron chi connectivity index (χ4n) is 6.46. The van der Waals surface area contributed by atoms with Gasteiger partial charge >= 0.3 is 0 Å². The van der Waals surface area contributed by atoms with E-state index in [0.29, 0.717) is 50.9 Å². The van der Waals surface area contributed by atoms with E-state index in [1.165, 1.54) is 0 Å². The molecular formula is C43H33N7O5S. The predicted molar refractivity (Wildman–Crippen MR) is 221 cm³/mol. The molecule has 0 saturated carbocycles. The van der Waals surface area contributed by atoms with Gasteiger partial charge in [0.2, 0.25) is 0 Å². The van der Waals surface area contributed by atoms with Crippen molar-refractivity contribution in [2.75, 3.05) is 18.1 Å². The predicted octanol–water partition coefficient (Wildman–Crippen LogP) is 12.5. The number of rotatable bonds is 11. The second-order valence-electron chi connectivity index (χ2n) is 13.0. The molecule has 0 atom stereocenters. The van der Waals surface area contributed by atoms with Crippen molar-refractivity contribution < 1.29 is 22.8 Å². The van der Waals surface area contributed by atoms with Gasteiger partial charge in [0.15, 0.2) is 5.75 Å². The molecule has 0 radical (unpaired) electrons. The molecule has 0 aliphatic rings. The molecular weight excluding hydrogens is 727 g/mol. The Morgan fingerprint density at radius 3 is 1.62 bits per heavy atom. The van der Waals surface area contributed by atoms with Crippen LogP contribution in [0.5, 0.6) is 11.5 Å². The summed E-state index contributed by atoms with van der Waals surface area (Å²) in [4.78, 5) is 0. The number of benzene rings is 8. The average molecular weight is 760 g/mol. The molecule has 8 aromatic carbocycles. The fraction of sp³-hybridized carbons (Fsp3) is 0.0698. The third kappa shape index (κ3) is 7.76. The normalized spacial score (nSPS) is 12.3. The number of phenolic OH excluding ortho intramolecular Hbond substituents is 1. The van der Waals surface area contributed by atoms with Crippen LogP contribution < -0.4 is 10.5 Å². The van der Waals surface area contributed by atoms with Crippen LogP contribution >= 0.6 is 0 Å². The van der Waals surface area contributed by atoms with Crippen LogP contribution in [0.1, 0.15) is 6.42 Å². The summed E-state index contributed by atoms with van der Waals surface area (Å²) in [5.74, 6) is 0.280. The summed E-state index contributed by atoms with van der Waals surface area (Å²) < 4.78 is 36.8. The van der Waals surface area contributed by atoms with Crippen LogP contribution in [0.2, 0.25) is 0 Å². The number of nitrogens with zero attached hydrogens (tertiary/aromatic N) is 6. The van der Waals surface area contributed by atoms with Crippen LogP contribution in [0.15, 0.2) is 170 Å². The highest BCUT2D eigenvalue weighted by atomic mass is 32.2. The number of ether oxygens (including phenoxy) is 1. The number of anilines is 1. The average Bonchev–Trinajstić information content (AvgIpc) is 3.20. The molecule has 8 aromatic rings. The lowest BCUT2D eigenvalue weighted by Crippen LogP contribution is -2.08. The second-order valence-corrected chi connectivity index (χ2v) is 14.5. The molecule has 56 heavy (non-hydrogen) atoms. The van der Waals surface area contributed by atoms with Crippen LogP contribution in [0.3, 0.4) is 0 Å². The third-order valence-corrected chi connectivity index (χ3v) is 9.99. The summed E-state index contributed by atoms with van der Waals surface area (Å²) in [6.07, 6.45) is 0.172. The van der Waals surface area contributed by atoms with Gasteiger partial charge in [-0.3, -0.25) is 4.55 Å². The molecule has 276 valence electrons. The Hall–Kier alpha value is -7.09. The number of aromatic hydroxyl groups is 1. The van der Waals surface area contributed by atoms with Gasteiger partial charge in [-0.05, 0) is 90.0 Å². The summed E-state index contributed by atoms with van der Waals surface area (Å²) >= 11 is 0. The van der Waals surface area contributed by atoms with Crippen molar-refractivity contribution in [3.05, 3.63) is 140 Å². The SMILES string of the molecule is Nc1ccc2c(O)c(N=Nc3ccc(N=Nc4ccc(N=Nc5ccc6c(OCCCS(=O)(=O)O)cccc6c5)c5ccccc45)c4ccccc34)ccc2c1. The summed E-state index contributed by atoms with van der Waals surface area (Å²) in [7, 11) is -4.04. The van der Waals surface area contributed by atoms with E-state index in [0.717, 1.165) is 37.7 Å². The van der Waals surface area contributed by atoms with Gasteiger partial charge in [-0.2, -0.15) is 13.5 Å². The lowest BCUT2D eigenvalue weighted by atomic mass is 10.1. The maximum absolute atomic E-state index is 11.0. The smallest absolute Gasteiger partial charge is 0.264 e. The Kier molecular flexibility index (Phi) is 9.84. The van der Waals surface area contributed by atoms with Gasteiger partial charge in [0, 0.05) is 38.0 Å². The van der Waals surface area contributed by atoms with Gasteiger partial charge in [-0.1, -0.05) is 66.7 Å². The zero-order valence-electron chi connectivity index (χ0n) is 29.7. The molecule has 0 heterocycles. The van der Waals surface area contributed by atoms with Crippen LogP contribution in [-0.2, 0) is 10.1 Å². The molecule has 0 saturated heterocycles. The molecule has 0 spiro atoms. The molecule has 8 rings (SSSR count). The molecule has 4 N–H and O–H groups in total. The Morgan fingerprint density at radius 1 is 0.518 bits per heavy atom. The highest BCUT2D eigenvalue weighted by Crippen LogP contribution is 2.40. The third-order valence-electron chi connectivity index (χ3n) is 9.18. The lowest BCUT2D eigenvalue weighted by molar-refractivity contribution is 0.319. The second kappa shape index (κ2) is 15.3. The van der Waals surface area contributed by atoms with Gasteiger partial charge in [0.25, 0.3) is 10.1 Å². The van der Waals surface area contributed by atoms with Crippen LogP contribution in [0.25, 0.3) is 43.1 Å². The Bertz CT molecular complexity index is 3000. The maximum atomic E-state index is 11.0. The Morgan fingerprint density at radius 2 is 1.04 bits per heavy atom. The molecule has 0 aromatic heterocycles. The van der Waals surface area contributed by atoms with Crippen LogP contribution in [0.4, 0.5) is 39.8 Å². The molecule has 0 aliphatic heterocycles. The first-order valence-corrected chi connectivity index (χ1v) is 19.2. The summed E-state index contributed by atoms with van der Waals surface area (Å²) in [5.41, 5.74) is 10.1. The van der Waals surface area contributed by atoms with E-state index in [9.17, 15) is 13.5 Å². The summed E-state index contributed by atoms with van der Waals surface area (Å²) in [5, 5.41) is 44.8. The van der Waals surface area contributed by atoms with Crippen molar-refractivity contribution in [2.45, 2.75) is 6.42 Å². The van der Waals surface area contributed by atoms with Crippen molar-refractivity contribution >= 4 is 93.0 Å². The van der Waals surface area contributed by atoms with E-state index in [1.807, 2.05) is 115 Å². The highest BCUT2D eigenvalue weighted by molar-refractivity contribution is 7.85. The molecule has 0 aliphatic carbocycles. The largest absolute Gasteiger partial charge is 0.505 e. The van der Waals surface area contributed by atoms with E-state index in [-0.39, 0.29) is 24.5 Å². The minimum absolute atomic E-state index is 0.0334. The lowest BCUT2D eigenvalue weighted by Gasteiger charge is -2.09. The Balaban J connectivity index is 1.03. The Labute approximate surface area is 321 Å². The summed E-state index contributed by atoms with van der Waals surface area (Å²) in [6.45, 7) is 0.149. The van der Waals surface area contributed by atoms with Crippen molar-refractivity contribution in [2.24, 2.45) is 30.7 Å².